The van der Waals surface area contributed by atoms with Crippen LogP contribution in [0.5, 0.6) is 0 Å². The maximum atomic E-state index is 11.6. The van der Waals surface area contributed by atoms with Gasteiger partial charge < -0.3 is 9.88 Å². The Labute approximate surface area is 160 Å². The Morgan fingerprint density at radius 3 is 2.70 bits per heavy atom. The Morgan fingerprint density at radius 1 is 1.22 bits per heavy atom. The first-order chi connectivity index (χ1) is 13.1. The summed E-state index contributed by atoms with van der Waals surface area (Å²) in [4.78, 5) is 26.7. The van der Waals surface area contributed by atoms with Gasteiger partial charge in [0.05, 0.1) is 29.1 Å². The van der Waals surface area contributed by atoms with Crippen LogP contribution in [0.3, 0.4) is 0 Å². The number of amides is 1. The van der Waals surface area contributed by atoms with Crippen molar-refractivity contribution >= 4 is 23.4 Å². The summed E-state index contributed by atoms with van der Waals surface area (Å²) < 4.78 is 1.97. The molecule has 0 radical (unpaired) electrons. The second-order valence-corrected chi connectivity index (χ2v) is 6.71. The molecule has 3 rings (SSSR count). The highest BCUT2D eigenvalue weighted by molar-refractivity contribution is 7.99. The molecule has 0 fully saturated rings. The van der Waals surface area contributed by atoms with Gasteiger partial charge in [0.25, 0.3) is 5.69 Å². The van der Waals surface area contributed by atoms with Crippen molar-refractivity contribution in [2.75, 3.05) is 12.8 Å². The molecule has 138 valence electrons. The van der Waals surface area contributed by atoms with Gasteiger partial charge in [-0.3, -0.25) is 14.9 Å². The molecule has 3 aromatic rings. The van der Waals surface area contributed by atoms with Crippen LogP contribution in [0.1, 0.15) is 5.56 Å². The number of nitrogens with zero attached hydrogens (tertiary/aromatic N) is 3. The number of rotatable bonds is 7. The third-order valence-corrected chi connectivity index (χ3v) is 4.96. The van der Waals surface area contributed by atoms with Gasteiger partial charge in [-0.1, -0.05) is 54.2 Å². The minimum absolute atomic E-state index is 0.0273. The van der Waals surface area contributed by atoms with E-state index in [0.29, 0.717) is 17.3 Å². The zero-order valence-electron chi connectivity index (χ0n) is 14.7. The highest BCUT2D eigenvalue weighted by Crippen LogP contribution is 2.29. The van der Waals surface area contributed by atoms with E-state index in [0.717, 1.165) is 11.3 Å². The van der Waals surface area contributed by atoms with Crippen molar-refractivity contribution in [3.05, 3.63) is 76.5 Å². The fourth-order valence-electron chi connectivity index (χ4n) is 2.60. The van der Waals surface area contributed by atoms with Gasteiger partial charge in [0.2, 0.25) is 5.91 Å². The number of hydrogen-bond acceptors (Lipinski definition) is 5. The van der Waals surface area contributed by atoms with Gasteiger partial charge in [0.15, 0.2) is 5.16 Å². The van der Waals surface area contributed by atoms with Crippen LogP contribution in [-0.4, -0.2) is 33.2 Å². The third kappa shape index (κ3) is 4.53. The molecular formula is C19H18N4O3S. The van der Waals surface area contributed by atoms with E-state index in [1.165, 1.54) is 23.9 Å². The number of benzene rings is 2. The number of nitrogens with one attached hydrogen (secondary N) is 1. The molecule has 0 saturated heterocycles. The summed E-state index contributed by atoms with van der Waals surface area (Å²) in [7, 11) is 1.59. The van der Waals surface area contributed by atoms with Crippen molar-refractivity contribution in [1.82, 2.24) is 14.9 Å². The molecule has 0 aliphatic carbocycles. The molecule has 0 spiro atoms. The summed E-state index contributed by atoms with van der Waals surface area (Å²) in [5.41, 5.74) is 2.57. The lowest BCUT2D eigenvalue weighted by atomic mass is 10.1. The SMILES string of the molecule is CNC(=O)CSc1ncc(-c2cccc([N+](=O)[O-])c2)n1Cc1ccccc1. The van der Waals surface area contributed by atoms with Crippen molar-refractivity contribution in [2.45, 2.75) is 11.7 Å². The summed E-state index contributed by atoms with van der Waals surface area (Å²) in [5, 5.41) is 14.4. The van der Waals surface area contributed by atoms with Gasteiger partial charge in [-0.15, -0.1) is 0 Å². The van der Waals surface area contributed by atoms with Crippen LogP contribution in [0, 0.1) is 10.1 Å². The minimum Gasteiger partial charge on any atom is -0.358 e. The number of imidazole rings is 1. The molecule has 1 heterocycles. The van der Waals surface area contributed by atoms with Gasteiger partial charge >= 0.3 is 0 Å². The summed E-state index contributed by atoms with van der Waals surface area (Å²) in [6.07, 6.45) is 1.69. The first kappa shape index (κ1) is 18.7. The lowest BCUT2D eigenvalue weighted by molar-refractivity contribution is -0.384. The molecule has 7 nitrogen and oxygen atoms in total. The molecule has 8 heteroatoms. The molecule has 0 saturated carbocycles. The highest BCUT2D eigenvalue weighted by Gasteiger charge is 2.16. The summed E-state index contributed by atoms with van der Waals surface area (Å²) in [5.74, 6) is 0.155. The monoisotopic (exact) mass is 382 g/mol. The molecule has 0 bridgehead atoms. The van der Waals surface area contributed by atoms with Crippen molar-refractivity contribution < 1.29 is 9.72 Å². The average molecular weight is 382 g/mol. The number of carbonyl (C=O) groups excluding carboxylic acids is 1. The molecule has 0 unspecified atom stereocenters. The van der Waals surface area contributed by atoms with E-state index in [-0.39, 0.29) is 17.3 Å². The van der Waals surface area contributed by atoms with Gasteiger partial charge in [-0.05, 0) is 5.56 Å². The van der Waals surface area contributed by atoms with Crippen molar-refractivity contribution in [1.29, 1.82) is 0 Å². The number of nitro groups is 1. The van der Waals surface area contributed by atoms with Crippen LogP contribution in [0.15, 0.2) is 66.0 Å². The topological polar surface area (TPSA) is 90.1 Å². The molecule has 1 amide bonds. The lowest BCUT2D eigenvalue weighted by Crippen LogP contribution is -2.20. The summed E-state index contributed by atoms with van der Waals surface area (Å²) in [6, 6.07) is 16.3. The standard InChI is InChI=1S/C19H18N4O3S/c1-20-18(24)13-27-19-21-11-17(15-8-5-9-16(10-15)23(25)26)22(19)12-14-6-3-2-4-7-14/h2-11H,12-13H2,1H3,(H,20,24). The van der Waals surface area contributed by atoms with E-state index < -0.39 is 4.92 Å². The van der Waals surface area contributed by atoms with Gasteiger partial charge in [-0.2, -0.15) is 0 Å². The molecule has 0 atom stereocenters. The van der Waals surface area contributed by atoms with Gasteiger partial charge in [0, 0.05) is 24.7 Å². The second-order valence-electron chi connectivity index (χ2n) is 5.77. The van der Waals surface area contributed by atoms with Crippen molar-refractivity contribution in [3.8, 4) is 11.3 Å². The first-order valence-electron chi connectivity index (χ1n) is 8.26. The lowest BCUT2D eigenvalue weighted by Gasteiger charge is -2.12. The molecule has 2 aromatic carbocycles. The van der Waals surface area contributed by atoms with E-state index in [9.17, 15) is 14.9 Å². The Hall–Kier alpha value is -3.13. The van der Waals surface area contributed by atoms with Crippen LogP contribution in [-0.2, 0) is 11.3 Å². The number of hydrogen-bond donors (Lipinski definition) is 1. The smallest absolute Gasteiger partial charge is 0.270 e. The van der Waals surface area contributed by atoms with Gasteiger partial charge in [0.1, 0.15) is 0 Å². The van der Waals surface area contributed by atoms with E-state index >= 15 is 0 Å². The third-order valence-electron chi connectivity index (χ3n) is 3.97. The first-order valence-corrected chi connectivity index (χ1v) is 9.24. The average Bonchev–Trinajstić information content (AvgIpc) is 3.09. The van der Waals surface area contributed by atoms with Crippen molar-refractivity contribution in [2.24, 2.45) is 0 Å². The summed E-state index contributed by atoms with van der Waals surface area (Å²) >= 11 is 1.33. The van der Waals surface area contributed by atoms with E-state index in [2.05, 4.69) is 10.3 Å². The molecule has 0 aliphatic rings. The number of aromatic nitrogens is 2. The van der Waals surface area contributed by atoms with E-state index in [4.69, 9.17) is 0 Å². The highest BCUT2D eigenvalue weighted by atomic mass is 32.2. The number of non-ortho nitro benzene ring substituents is 1. The predicted octanol–water partition coefficient (Wildman–Crippen LogP) is 3.34. The van der Waals surface area contributed by atoms with E-state index in [1.54, 1.807) is 19.3 Å². The minimum atomic E-state index is -0.414. The van der Waals surface area contributed by atoms with Crippen LogP contribution < -0.4 is 5.32 Å². The predicted molar refractivity (Wildman–Crippen MR) is 105 cm³/mol. The second kappa shape index (κ2) is 8.50. The van der Waals surface area contributed by atoms with E-state index in [1.807, 2.05) is 41.0 Å². The fraction of sp³-hybridized carbons (Fsp3) is 0.158. The molecule has 0 aliphatic heterocycles. The quantitative estimate of drug-likeness (QED) is 0.384. The largest absolute Gasteiger partial charge is 0.358 e. The number of thioether (sulfide) groups is 1. The Kier molecular flexibility index (Phi) is 5.87. The Balaban J connectivity index is 2.00. The maximum absolute atomic E-state index is 11.6. The Morgan fingerprint density at radius 2 is 2.00 bits per heavy atom. The van der Waals surface area contributed by atoms with Crippen LogP contribution in [0.2, 0.25) is 0 Å². The zero-order valence-corrected chi connectivity index (χ0v) is 15.5. The fourth-order valence-corrected chi connectivity index (χ4v) is 3.45. The molecule has 27 heavy (non-hydrogen) atoms. The summed E-state index contributed by atoms with van der Waals surface area (Å²) in [6.45, 7) is 0.551. The van der Waals surface area contributed by atoms with Gasteiger partial charge in [-0.25, -0.2) is 4.98 Å². The molecular weight excluding hydrogens is 364 g/mol. The Bertz CT molecular complexity index is 957. The van der Waals surface area contributed by atoms with Crippen LogP contribution >= 0.6 is 11.8 Å². The van der Waals surface area contributed by atoms with Crippen LogP contribution in [0.4, 0.5) is 5.69 Å². The number of nitro benzene ring substituents is 1. The van der Waals surface area contributed by atoms with Crippen molar-refractivity contribution in [3.63, 3.8) is 0 Å². The molecule has 1 aromatic heterocycles. The zero-order chi connectivity index (χ0) is 19.2. The maximum Gasteiger partial charge on any atom is 0.270 e. The van der Waals surface area contributed by atoms with Crippen LogP contribution in [0.25, 0.3) is 11.3 Å². The molecule has 1 N–H and O–H groups in total. The number of carbonyl (C=O) groups is 1. The normalized spacial score (nSPS) is 10.6.